The van der Waals surface area contributed by atoms with Crippen LogP contribution in [0, 0.1) is 0 Å². The molecule has 0 radical (unpaired) electrons. The molecule has 0 spiro atoms. The summed E-state index contributed by atoms with van der Waals surface area (Å²) < 4.78 is 0. The van der Waals surface area contributed by atoms with E-state index in [1.807, 2.05) is 6.26 Å². The molecule has 0 rings (SSSR count). The van der Waals surface area contributed by atoms with E-state index in [9.17, 15) is 9.59 Å². The fraction of sp³-hybridized carbons (Fsp3) is 0.714. The molecule has 14 heavy (non-hydrogen) atoms. The molecule has 0 amide bonds. The van der Waals surface area contributed by atoms with Gasteiger partial charge in [0, 0.05) is 0 Å². The van der Waals surface area contributed by atoms with Crippen molar-refractivity contribution in [1.82, 2.24) is 5.32 Å². The Morgan fingerprint density at radius 2 is 2.00 bits per heavy atom. The molecule has 0 heterocycles. The number of carboxylic acid groups (broad SMARTS) is 2. The van der Waals surface area contributed by atoms with E-state index in [2.05, 4.69) is 5.32 Å². The number of aliphatic carboxylic acids is 2. The summed E-state index contributed by atoms with van der Waals surface area (Å²) in [5.74, 6) is -1.35. The third-order valence-electron chi connectivity index (χ3n) is 1.41. The van der Waals surface area contributed by atoms with Crippen LogP contribution in [0.1, 0.15) is 6.42 Å². The maximum absolute atomic E-state index is 10.6. The molecule has 0 fully saturated rings. The Kier molecular flexibility index (Phi) is 12.1. The summed E-state index contributed by atoms with van der Waals surface area (Å²) in [4.78, 5) is 20.7. The first-order chi connectivity index (χ1) is 6.07. The van der Waals surface area contributed by atoms with Gasteiger partial charge in [-0.05, 0) is 18.4 Å². The zero-order valence-corrected chi connectivity index (χ0v) is 8.13. The van der Waals surface area contributed by atoms with Gasteiger partial charge in [0.2, 0.25) is 0 Å². The fourth-order valence-corrected chi connectivity index (χ4v) is 1.23. The molecule has 0 saturated carbocycles. The van der Waals surface area contributed by atoms with E-state index in [0.29, 0.717) is 12.2 Å². The second-order valence-corrected chi connectivity index (χ2v) is 3.43. The van der Waals surface area contributed by atoms with E-state index >= 15 is 0 Å². The molecule has 0 saturated heterocycles. The first kappa shape index (κ1) is 16.9. The Balaban J connectivity index is 0. The van der Waals surface area contributed by atoms with Crippen molar-refractivity contribution in [2.45, 2.75) is 12.5 Å². The second kappa shape index (κ2) is 10.0. The molecule has 0 aromatic heterocycles. The fourth-order valence-electron chi connectivity index (χ4n) is 0.759. The number of thioether (sulfide) groups is 1. The van der Waals surface area contributed by atoms with Crippen molar-refractivity contribution in [3.63, 3.8) is 0 Å². The van der Waals surface area contributed by atoms with Crippen molar-refractivity contribution in [1.29, 1.82) is 0 Å². The molecule has 80 valence electrons. The maximum atomic E-state index is 10.6. The van der Waals surface area contributed by atoms with Crippen molar-refractivity contribution in [2.24, 2.45) is 0 Å². The van der Waals surface area contributed by atoms with Crippen LogP contribution in [-0.4, -0.2) is 84.5 Å². The summed E-state index contributed by atoms with van der Waals surface area (Å²) in [6.07, 6.45) is 2.31. The standard InChI is InChI=1S/C7H13NO4S.Ca.2H/c1-13-3-2-5(7(11)12)8-4-6(9)10;;;/h5,8H,2-4H2,1H3,(H,9,10)(H,11,12);;;. The molecule has 7 heteroatoms. The monoisotopic (exact) mass is 249 g/mol. The van der Waals surface area contributed by atoms with Crippen LogP contribution < -0.4 is 5.32 Å². The molecule has 5 nitrogen and oxygen atoms in total. The van der Waals surface area contributed by atoms with Crippen LogP contribution in [0.5, 0.6) is 0 Å². The van der Waals surface area contributed by atoms with Crippen LogP contribution in [0.25, 0.3) is 0 Å². The first-order valence-electron chi connectivity index (χ1n) is 3.75. The van der Waals surface area contributed by atoms with Gasteiger partial charge in [-0.15, -0.1) is 0 Å². The van der Waals surface area contributed by atoms with Gasteiger partial charge in [0.1, 0.15) is 6.04 Å². The molecule has 0 aromatic carbocycles. The zero-order chi connectivity index (χ0) is 10.3. The minimum absolute atomic E-state index is 0. The summed E-state index contributed by atoms with van der Waals surface area (Å²) in [5.41, 5.74) is 0. The number of hydrogen-bond acceptors (Lipinski definition) is 4. The van der Waals surface area contributed by atoms with Gasteiger partial charge in [-0.25, -0.2) is 0 Å². The Morgan fingerprint density at radius 1 is 1.43 bits per heavy atom. The van der Waals surface area contributed by atoms with Gasteiger partial charge in [-0.1, -0.05) is 0 Å². The van der Waals surface area contributed by atoms with E-state index in [-0.39, 0.29) is 44.3 Å². The van der Waals surface area contributed by atoms with Gasteiger partial charge in [0.25, 0.3) is 0 Å². The SMILES string of the molecule is CSCCC(NCC(=O)O)C(=O)O.[CaH2]. The Bertz CT molecular complexity index is 191. The van der Waals surface area contributed by atoms with E-state index in [0.717, 1.165) is 0 Å². The normalized spacial score (nSPS) is 11.5. The predicted molar refractivity (Wildman–Crippen MR) is 58.6 cm³/mol. The Morgan fingerprint density at radius 3 is 2.36 bits per heavy atom. The van der Waals surface area contributed by atoms with E-state index in [1.165, 1.54) is 11.8 Å². The molecule has 1 unspecified atom stereocenters. The molecule has 0 aliphatic carbocycles. The summed E-state index contributed by atoms with van der Waals surface area (Å²) in [6.45, 7) is -0.314. The van der Waals surface area contributed by atoms with Gasteiger partial charge < -0.3 is 10.2 Å². The average Bonchev–Trinajstić information content (AvgIpc) is 2.03. The van der Waals surface area contributed by atoms with Crippen LogP contribution in [0.15, 0.2) is 0 Å². The predicted octanol–water partition coefficient (Wildman–Crippen LogP) is -1.05. The van der Waals surface area contributed by atoms with Gasteiger partial charge >= 0.3 is 49.7 Å². The van der Waals surface area contributed by atoms with Crippen molar-refractivity contribution < 1.29 is 19.8 Å². The zero-order valence-electron chi connectivity index (χ0n) is 7.32. The third kappa shape index (κ3) is 9.08. The number of nitrogens with one attached hydrogen (secondary N) is 1. The van der Waals surface area contributed by atoms with Gasteiger partial charge in [-0.3, -0.25) is 14.9 Å². The number of hydrogen-bond donors (Lipinski definition) is 3. The van der Waals surface area contributed by atoms with Crippen molar-refractivity contribution in [3.8, 4) is 0 Å². The van der Waals surface area contributed by atoms with Crippen LogP contribution >= 0.6 is 11.8 Å². The topological polar surface area (TPSA) is 86.6 Å². The third-order valence-corrected chi connectivity index (χ3v) is 2.05. The molecular weight excluding hydrogens is 234 g/mol. The Hall–Kier alpha value is 0.510. The molecule has 0 aliphatic heterocycles. The average molecular weight is 249 g/mol. The molecule has 0 bridgehead atoms. The molecule has 0 aromatic rings. The second-order valence-electron chi connectivity index (χ2n) is 2.45. The molecule has 1 atom stereocenters. The summed E-state index contributed by atoms with van der Waals surface area (Å²) in [5, 5.41) is 19.4. The van der Waals surface area contributed by atoms with Crippen LogP contribution in [-0.2, 0) is 9.59 Å². The van der Waals surface area contributed by atoms with Gasteiger partial charge in [-0.2, -0.15) is 11.8 Å². The number of carbonyl (C=O) groups is 2. The number of rotatable bonds is 7. The Labute approximate surface area is 117 Å². The first-order valence-corrected chi connectivity index (χ1v) is 5.14. The van der Waals surface area contributed by atoms with E-state index in [4.69, 9.17) is 10.2 Å². The van der Waals surface area contributed by atoms with Gasteiger partial charge in [0.15, 0.2) is 0 Å². The van der Waals surface area contributed by atoms with Crippen molar-refractivity contribution in [3.05, 3.63) is 0 Å². The quantitative estimate of drug-likeness (QED) is 0.499. The van der Waals surface area contributed by atoms with Crippen molar-refractivity contribution >= 4 is 61.4 Å². The molecular formula is C7H15CaNO4S. The minimum atomic E-state index is -1.05. The number of carboxylic acids is 2. The molecule has 3 N–H and O–H groups in total. The van der Waals surface area contributed by atoms with Crippen LogP contribution in [0.3, 0.4) is 0 Å². The summed E-state index contributed by atoms with van der Waals surface area (Å²) in [7, 11) is 0. The summed E-state index contributed by atoms with van der Waals surface area (Å²) in [6, 6.07) is -0.761. The van der Waals surface area contributed by atoms with Crippen LogP contribution in [0.2, 0.25) is 0 Å². The van der Waals surface area contributed by atoms with Gasteiger partial charge in [0.05, 0.1) is 6.54 Å². The van der Waals surface area contributed by atoms with Crippen LogP contribution in [0.4, 0.5) is 0 Å². The molecule has 0 aliphatic rings. The van der Waals surface area contributed by atoms with E-state index < -0.39 is 18.0 Å². The van der Waals surface area contributed by atoms with E-state index in [1.54, 1.807) is 0 Å². The van der Waals surface area contributed by atoms with Crippen molar-refractivity contribution in [2.75, 3.05) is 18.6 Å². The summed E-state index contributed by atoms with van der Waals surface area (Å²) >= 11 is 1.53.